The van der Waals surface area contributed by atoms with Crippen LogP contribution in [0.25, 0.3) is 0 Å². The highest BCUT2D eigenvalue weighted by Crippen LogP contribution is 2.64. The predicted molar refractivity (Wildman–Crippen MR) is 222 cm³/mol. The largest absolute Gasteiger partial charge is 0.456 e. The van der Waals surface area contributed by atoms with Crippen molar-refractivity contribution >= 4 is 35.6 Å². The number of carbonyl (C=O) groups is 6. The van der Waals surface area contributed by atoms with Crippen molar-refractivity contribution in [3.8, 4) is 0 Å². The number of ketones is 1. The van der Waals surface area contributed by atoms with Gasteiger partial charge in [0, 0.05) is 37.2 Å². The molecular weight excluding hydrogens is 815 g/mol. The maximum Gasteiger partial charge on any atom is 0.338 e. The quantitative estimate of drug-likeness (QED) is 0.121. The molecule has 15 nitrogen and oxygen atoms in total. The van der Waals surface area contributed by atoms with Crippen LogP contribution in [0.15, 0.2) is 102 Å². The highest BCUT2D eigenvalue weighted by atomic mass is 16.6. The van der Waals surface area contributed by atoms with Crippen LogP contribution >= 0.6 is 0 Å². The summed E-state index contributed by atoms with van der Waals surface area (Å²) in [5.41, 5.74) is -7.01. The molecule has 63 heavy (non-hydrogen) atoms. The van der Waals surface area contributed by atoms with Crippen LogP contribution < -0.4 is 5.32 Å². The van der Waals surface area contributed by atoms with Crippen LogP contribution in [-0.2, 0) is 42.9 Å². The molecule has 4 aliphatic rings. The number of benzene rings is 3. The Bertz CT molecular complexity index is 2300. The SMILES string of the molecule is CCC(=O)O[C@@]12CO[C@@H]1C[C@H](O)[C@@]1(C)C(=O)[C@H](OC(C)=O)C3=C(C)[C@@H](OC(=O)[C@H](O)[C@@H](NC(=O)c4ccccc4)c4ccccc4)C[C@@](O)([C@@H](OC(=O)c4ccccc4)[C@H]21)C3(C)C. The van der Waals surface area contributed by atoms with Crippen LogP contribution in [0.2, 0.25) is 0 Å². The van der Waals surface area contributed by atoms with E-state index in [4.69, 9.17) is 23.7 Å². The third-order valence-electron chi connectivity index (χ3n) is 13.7. The van der Waals surface area contributed by atoms with Crippen molar-refractivity contribution in [3.05, 3.63) is 119 Å². The van der Waals surface area contributed by atoms with Crippen molar-refractivity contribution < 1.29 is 67.8 Å². The first-order valence-corrected chi connectivity index (χ1v) is 21.0. The van der Waals surface area contributed by atoms with Gasteiger partial charge in [0.1, 0.15) is 23.9 Å². The Hall–Kier alpha value is -5.74. The van der Waals surface area contributed by atoms with E-state index in [0.717, 1.165) is 6.92 Å². The lowest BCUT2D eigenvalue weighted by Gasteiger charge is -2.67. The summed E-state index contributed by atoms with van der Waals surface area (Å²) >= 11 is 0. The standard InChI is InChI=1S/C48H53NO14/c1-7-34(52)63-47-25-59-33(47)23-32(51)46(6)39(47)41(62-43(56)30-21-15-10-16-22-30)48(58)24-31(26(2)35(45(48,4)5)38(40(46)54)60-27(3)50)61-44(57)37(53)36(28-17-11-8-12-18-28)49-42(55)29-19-13-9-14-20-29/h8-22,31-33,36-39,41,51,53,58H,7,23-25H2,1-6H3,(H,49,55)/t31-,32-,33+,36-,37+,38+,39-,41-,46+,47-,48+/m0/s1. The van der Waals surface area contributed by atoms with Crippen molar-refractivity contribution in [1.29, 1.82) is 0 Å². The van der Waals surface area contributed by atoms with Crippen molar-refractivity contribution in [2.45, 2.75) is 115 Å². The van der Waals surface area contributed by atoms with Crippen molar-refractivity contribution in [3.63, 3.8) is 0 Å². The van der Waals surface area contributed by atoms with Gasteiger partial charge < -0.3 is 44.3 Å². The second-order valence-electron chi connectivity index (χ2n) is 17.6. The number of esters is 4. The second-order valence-corrected chi connectivity index (χ2v) is 17.6. The Morgan fingerprint density at radius 2 is 1.46 bits per heavy atom. The van der Waals surface area contributed by atoms with Gasteiger partial charge in [-0.15, -0.1) is 0 Å². The number of nitrogens with one attached hydrogen (secondary N) is 1. The van der Waals surface area contributed by atoms with E-state index in [9.17, 15) is 39.3 Å². The van der Waals surface area contributed by atoms with E-state index in [-0.39, 0.29) is 41.7 Å². The number of rotatable bonds is 11. The molecule has 0 unspecified atom stereocenters. The van der Waals surface area contributed by atoms with Gasteiger partial charge in [-0.1, -0.05) is 87.5 Å². The Labute approximate surface area is 364 Å². The lowest BCUT2D eigenvalue weighted by atomic mass is 9.44. The van der Waals surface area contributed by atoms with Crippen LogP contribution in [0.4, 0.5) is 0 Å². The van der Waals surface area contributed by atoms with Gasteiger partial charge >= 0.3 is 23.9 Å². The number of Topliss-reactive ketones (excluding diaryl/α,β-unsaturated/α-hetero) is 1. The van der Waals surface area contributed by atoms with Gasteiger partial charge in [0.25, 0.3) is 5.91 Å². The highest BCUT2D eigenvalue weighted by Gasteiger charge is 2.78. The zero-order chi connectivity index (χ0) is 45.6. The van der Waals surface area contributed by atoms with E-state index >= 15 is 4.79 Å². The summed E-state index contributed by atoms with van der Waals surface area (Å²) in [5, 5.41) is 40.4. The van der Waals surface area contributed by atoms with E-state index in [0.29, 0.717) is 5.56 Å². The minimum Gasteiger partial charge on any atom is -0.456 e. The van der Waals surface area contributed by atoms with Crippen LogP contribution in [0.1, 0.15) is 93.1 Å². The summed E-state index contributed by atoms with van der Waals surface area (Å²) in [7, 11) is 0. The molecule has 11 atom stereocenters. The van der Waals surface area contributed by atoms with Crippen LogP contribution in [-0.4, -0.2) is 105 Å². The molecule has 0 aromatic heterocycles. The van der Waals surface area contributed by atoms with E-state index in [1.54, 1.807) is 99.6 Å². The molecule has 15 heteroatoms. The summed E-state index contributed by atoms with van der Waals surface area (Å²) in [6.45, 7) is 8.43. The number of amides is 1. The molecule has 2 saturated carbocycles. The number of hydrogen-bond donors (Lipinski definition) is 4. The van der Waals surface area contributed by atoms with Crippen LogP contribution in [0.5, 0.6) is 0 Å². The molecule has 2 bridgehead atoms. The molecule has 3 aromatic rings. The fourth-order valence-electron chi connectivity index (χ4n) is 10.2. The number of aliphatic hydroxyl groups excluding tert-OH is 2. The smallest absolute Gasteiger partial charge is 0.338 e. The summed E-state index contributed by atoms with van der Waals surface area (Å²) in [5.74, 6) is -6.74. The topological polar surface area (TPSA) is 221 Å². The molecule has 4 N–H and O–H groups in total. The maximum absolute atomic E-state index is 15.6. The molecule has 1 heterocycles. The van der Waals surface area contributed by atoms with Crippen molar-refractivity contribution in [2.75, 3.05) is 6.61 Å². The highest BCUT2D eigenvalue weighted by molar-refractivity contribution is 5.96. The first-order valence-electron chi connectivity index (χ1n) is 21.0. The van der Waals surface area contributed by atoms with Gasteiger partial charge in [-0.3, -0.25) is 19.2 Å². The fraction of sp³-hybridized carbons (Fsp3) is 0.458. The number of carbonyl (C=O) groups excluding carboxylic acids is 6. The molecule has 3 aliphatic carbocycles. The van der Waals surface area contributed by atoms with Gasteiger partial charge in [-0.2, -0.15) is 0 Å². The molecule has 1 aliphatic heterocycles. The van der Waals surface area contributed by atoms with Crippen LogP contribution in [0.3, 0.4) is 0 Å². The predicted octanol–water partition coefficient (Wildman–Crippen LogP) is 4.13. The maximum atomic E-state index is 15.6. The lowest BCUT2D eigenvalue weighted by molar-refractivity contribution is -0.346. The van der Waals surface area contributed by atoms with E-state index in [1.165, 1.54) is 26.0 Å². The molecule has 1 saturated heterocycles. The first kappa shape index (κ1) is 45.3. The zero-order valence-electron chi connectivity index (χ0n) is 35.9. The normalized spacial score (nSPS) is 31.5. The third-order valence-corrected chi connectivity index (χ3v) is 13.7. The minimum absolute atomic E-state index is 0.0000458. The summed E-state index contributed by atoms with van der Waals surface area (Å²) in [6, 6.07) is 23.0. The first-order chi connectivity index (χ1) is 29.8. The van der Waals surface area contributed by atoms with Gasteiger partial charge in [0.2, 0.25) is 0 Å². The van der Waals surface area contributed by atoms with Gasteiger partial charge in [0.05, 0.1) is 35.6 Å². The average Bonchev–Trinajstić information content (AvgIpc) is 3.26. The molecule has 334 valence electrons. The lowest BCUT2D eigenvalue weighted by Crippen LogP contribution is -2.82. The number of hydrogen-bond acceptors (Lipinski definition) is 14. The third kappa shape index (κ3) is 7.64. The summed E-state index contributed by atoms with van der Waals surface area (Å²) < 4.78 is 30.5. The Balaban J connectivity index is 1.39. The zero-order valence-corrected chi connectivity index (χ0v) is 35.9. The monoisotopic (exact) mass is 867 g/mol. The van der Waals surface area contributed by atoms with Gasteiger partial charge in [-0.25, -0.2) is 9.59 Å². The van der Waals surface area contributed by atoms with Gasteiger partial charge in [-0.05, 0) is 54.8 Å². The second kappa shape index (κ2) is 17.1. The van der Waals surface area contributed by atoms with E-state index in [1.807, 2.05) is 0 Å². The van der Waals surface area contributed by atoms with Crippen molar-refractivity contribution in [2.24, 2.45) is 16.7 Å². The molecule has 3 aromatic carbocycles. The number of ether oxygens (including phenoxy) is 5. The number of fused-ring (bicyclic) bond motifs is 5. The fourth-order valence-corrected chi connectivity index (χ4v) is 10.2. The molecular formula is C48H53NO14. The Morgan fingerprint density at radius 1 is 0.873 bits per heavy atom. The van der Waals surface area contributed by atoms with E-state index < -0.39 is 113 Å². The molecule has 3 fully saturated rings. The molecule has 0 radical (unpaired) electrons. The molecule has 0 spiro atoms. The van der Waals surface area contributed by atoms with E-state index in [2.05, 4.69) is 5.32 Å². The Morgan fingerprint density at radius 3 is 2.02 bits per heavy atom. The number of aliphatic hydroxyl groups is 3. The van der Waals surface area contributed by atoms with Crippen LogP contribution in [0, 0.1) is 16.7 Å². The summed E-state index contributed by atoms with van der Waals surface area (Å²) in [6.07, 6.45) is -10.6. The van der Waals surface area contributed by atoms with Crippen molar-refractivity contribution in [1.82, 2.24) is 5.32 Å². The summed E-state index contributed by atoms with van der Waals surface area (Å²) in [4.78, 5) is 84.0. The molecule has 7 rings (SSSR count). The molecule has 1 amide bonds. The average molecular weight is 868 g/mol. The minimum atomic E-state index is -2.39. The Kier molecular flexibility index (Phi) is 12.3. The van der Waals surface area contributed by atoms with Gasteiger partial charge in [0.15, 0.2) is 23.6 Å².